The fourth-order valence-electron chi connectivity index (χ4n) is 3.55. The van der Waals surface area contributed by atoms with Crippen LogP contribution in [-0.2, 0) is 0 Å². The Morgan fingerprint density at radius 3 is 1.96 bits per heavy atom. The standard InChI is InChI=1S/C20H21N5O/c26-20-22-18(15-21-23-20)24-11-13-25(14-12-24)19(16-7-3-1-4-8-16)17-9-5-2-6-10-17/h1-10,15,19H,11-14H2,(H,22,23,26). The number of aromatic nitrogens is 3. The molecule has 1 aliphatic heterocycles. The van der Waals surface area contributed by atoms with Crippen molar-refractivity contribution in [3.05, 3.63) is 88.5 Å². The van der Waals surface area contributed by atoms with Gasteiger partial charge in [-0.1, -0.05) is 60.7 Å². The number of anilines is 1. The molecule has 6 nitrogen and oxygen atoms in total. The van der Waals surface area contributed by atoms with Crippen LogP contribution in [0.2, 0.25) is 0 Å². The van der Waals surface area contributed by atoms with Gasteiger partial charge in [0, 0.05) is 26.2 Å². The molecular formula is C20H21N5O. The van der Waals surface area contributed by atoms with Gasteiger partial charge in [-0.25, -0.2) is 9.89 Å². The SMILES string of the molecule is O=c1nc(N2CCN(C(c3ccccc3)c3ccccc3)CC2)cn[nH]1. The Morgan fingerprint density at radius 2 is 1.42 bits per heavy atom. The molecule has 0 atom stereocenters. The third-order valence-electron chi connectivity index (χ3n) is 4.79. The molecule has 1 aliphatic rings. The van der Waals surface area contributed by atoms with Gasteiger partial charge in [-0.15, -0.1) is 0 Å². The molecule has 2 heterocycles. The topological polar surface area (TPSA) is 65.1 Å². The van der Waals surface area contributed by atoms with E-state index in [2.05, 4.69) is 85.6 Å². The molecule has 1 fully saturated rings. The molecule has 2 aromatic carbocycles. The largest absolute Gasteiger partial charge is 0.363 e. The van der Waals surface area contributed by atoms with Crippen LogP contribution in [0.1, 0.15) is 17.2 Å². The van der Waals surface area contributed by atoms with E-state index < -0.39 is 5.69 Å². The van der Waals surface area contributed by atoms with Gasteiger partial charge in [0.25, 0.3) is 0 Å². The van der Waals surface area contributed by atoms with E-state index in [4.69, 9.17) is 0 Å². The third kappa shape index (κ3) is 3.50. The maximum Gasteiger partial charge on any atom is 0.363 e. The summed E-state index contributed by atoms with van der Waals surface area (Å²) in [7, 11) is 0. The zero-order valence-corrected chi connectivity index (χ0v) is 14.5. The quantitative estimate of drug-likeness (QED) is 0.783. The third-order valence-corrected chi connectivity index (χ3v) is 4.79. The Balaban J connectivity index is 1.56. The predicted octanol–water partition coefficient (Wildman–Crippen LogP) is 2.08. The van der Waals surface area contributed by atoms with Gasteiger partial charge >= 0.3 is 5.69 Å². The molecule has 0 radical (unpaired) electrons. The minimum absolute atomic E-state index is 0.227. The molecule has 1 aromatic heterocycles. The summed E-state index contributed by atoms with van der Waals surface area (Å²) in [5, 5.41) is 6.18. The first-order valence-electron chi connectivity index (χ1n) is 8.82. The van der Waals surface area contributed by atoms with Crippen molar-refractivity contribution in [3.63, 3.8) is 0 Å². The molecule has 132 valence electrons. The number of hydrogen-bond acceptors (Lipinski definition) is 5. The van der Waals surface area contributed by atoms with Crippen molar-refractivity contribution >= 4 is 5.82 Å². The summed E-state index contributed by atoms with van der Waals surface area (Å²) in [5.74, 6) is 0.643. The van der Waals surface area contributed by atoms with E-state index in [0.717, 1.165) is 26.2 Å². The fourth-order valence-corrected chi connectivity index (χ4v) is 3.55. The second-order valence-corrected chi connectivity index (χ2v) is 6.39. The first kappa shape index (κ1) is 16.5. The number of nitrogens with one attached hydrogen (secondary N) is 1. The lowest BCUT2D eigenvalue weighted by Crippen LogP contribution is -2.48. The fraction of sp³-hybridized carbons (Fsp3) is 0.250. The minimum Gasteiger partial charge on any atom is -0.353 e. The smallest absolute Gasteiger partial charge is 0.353 e. The predicted molar refractivity (Wildman–Crippen MR) is 101 cm³/mol. The number of hydrogen-bond donors (Lipinski definition) is 1. The van der Waals surface area contributed by atoms with E-state index in [1.165, 1.54) is 11.1 Å². The molecule has 0 bridgehead atoms. The normalized spacial score (nSPS) is 15.3. The highest BCUT2D eigenvalue weighted by Gasteiger charge is 2.26. The van der Waals surface area contributed by atoms with Crippen LogP contribution in [0.15, 0.2) is 71.7 Å². The molecule has 0 amide bonds. The lowest BCUT2D eigenvalue weighted by atomic mass is 9.96. The second kappa shape index (κ2) is 7.49. The van der Waals surface area contributed by atoms with E-state index in [0.29, 0.717) is 5.82 Å². The summed E-state index contributed by atoms with van der Waals surface area (Å²) < 4.78 is 0. The maximum atomic E-state index is 11.4. The molecule has 3 aromatic rings. The molecule has 6 heteroatoms. The Hall–Kier alpha value is -2.99. The maximum absolute atomic E-state index is 11.4. The summed E-state index contributed by atoms with van der Waals surface area (Å²) >= 11 is 0. The van der Waals surface area contributed by atoms with Crippen LogP contribution in [0.4, 0.5) is 5.82 Å². The van der Waals surface area contributed by atoms with Gasteiger partial charge in [0.05, 0.1) is 12.2 Å². The highest BCUT2D eigenvalue weighted by Crippen LogP contribution is 2.29. The van der Waals surface area contributed by atoms with Gasteiger partial charge < -0.3 is 4.90 Å². The number of benzene rings is 2. The summed E-state index contributed by atoms with van der Waals surface area (Å²) in [4.78, 5) is 20.0. The molecule has 1 saturated heterocycles. The molecule has 0 unspecified atom stereocenters. The second-order valence-electron chi connectivity index (χ2n) is 6.39. The summed E-state index contributed by atoms with van der Waals surface area (Å²) in [6.45, 7) is 3.41. The van der Waals surface area contributed by atoms with Gasteiger partial charge in [0.15, 0.2) is 5.82 Å². The van der Waals surface area contributed by atoms with Crippen LogP contribution < -0.4 is 10.6 Å². The van der Waals surface area contributed by atoms with Crippen molar-refractivity contribution in [1.29, 1.82) is 0 Å². The van der Waals surface area contributed by atoms with Crippen LogP contribution in [0.3, 0.4) is 0 Å². The highest BCUT2D eigenvalue weighted by atomic mass is 16.1. The highest BCUT2D eigenvalue weighted by molar-refractivity contribution is 5.36. The van der Waals surface area contributed by atoms with Gasteiger partial charge in [0.2, 0.25) is 0 Å². The average Bonchev–Trinajstić information content (AvgIpc) is 2.70. The number of rotatable bonds is 4. The Morgan fingerprint density at radius 1 is 0.846 bits per heavy atom. The molecule has 0 spiro atoms. The van der Waals surface area contributed by atoms with Crippen molar-refractivity contribution < 1.29 is 0 Å². The van der Waals surface area contributed by atoms with Crippen LogP contribution >= 0.6 is 0 Å². The van der Waals surface area contributed by atoms with Crippen molar-refractivity contribution in [2.24, 2.45) is 0 Å². The van der Waals surface area contributed by atoms with Crippen molar-refractivity contribution in [1.82, 2.24) is 20.1 Å². The summed E-state index contributed by atoms with van der Waals surface area (Å²) in [6, 6.07) is 21.4. The van der Waals surface area contributed by atoms with E-state index in [1.807, 2.05) is 0 Å². The van der Waals surface area contributed by atoms with E-state index in [-0.39, 0.29) is 6.04 Å². The monoisotopic (exact) mass is 347 g/mol. The van der Waals surface area contributed by atoms with Crippen molar-refractivity contribution in [3.8, 4) is 0 Å². The number of aromatic amines is 1. The van der Waals surface area contributed by atoms with Gasteiger partial charge in [-0.05, 0) is 11.1 Å². The minimum atomic E-state index is -0.406. The molecule has 0 aliphatic carbocycles. The number of piperazine rings is 1. The van der Waals surface area contributed by atoms with Gasteiger partial charge in [0.1, 0.15) is 0 Å². The number of nitrogens with zero attached hydrogens (tertiary/aromatic N) is 4. The number of H-pyrrole nitrogens is 1. The van der Waals surface area contributed by atoms with E-state index >= 15 is 0 Å². The Labute approximate surface area is 152 Å². The van der Waals surface area contributed by atoms with Crippen LogP contribution in [-0.4, -0.2) is 46.3 Å². The zero-order valence-electron chi connectivity index (χ0n) is 14.5. The molecule has 4 rings (SSSR count). The Kier molecular flexibility index (Phi) is 4.75. The Bertz CT molecular complexity index is 849. The molecule has 26 heavy (non-hydrogen) atoms. The van der Waals surface area contributed by atoms with Crippen molar-refractivity contribution in [2.75, 3.05) is 31.1 Å². The molecular weight excluding hydrogens is 326 g/mol. The van der Waals surface area contributed by atoms with Gasteiger partial charge in [-0.3, -0.25) is 4.90 Å². The van der Waals surface area contributed by atoms with Crippen molar-refractivity contribution in [2.45, 2.75) is 6.04 Å². The average molecular weight is 347 g/mol. The lowest BCUT2D eigenvalue weighted by Gasteiger charge is -2.40. The first-order chi connectivity index (χ1) is 12.8. The van der Waals surface area contributed by atoms with Gasteiger partial charge in [-0.2, -0.15) is 10.1 Å². The first-order valence-corrected chi connectivity index (χ1v) is 8.82. The summed E-state index contributed by atoms with van der Waals surface area (Å²) in [6.07, 6.45) is 1.61. The summed E-state index contributed by atoms with van der Waals surface area (Å²) in [5.41, 5.74) is 2.18. The van der Waals surface area contributed by atoms with Crippen LogP contribution in [0.25, 0.3) is 0 Å². The van der Waals surface area contributed by atoms with E-state index in [1.54, 1.807) is 6.20 Å². The van der Waals surface area contributed by atoms with Crippen LogP contribution in [0.5, 0.6) is 0 Å². The zero-order chi connectivity index (χ0) is 17.8. The van der Waals surface area contributed by atoms with Crippen LogP contribution in [0, 0.1) is 0 Å². The lowest BCUT2D eigenvalue weighted by molar-refractivity contribution is 0.212. The molecule has 1 N–H and O–H groups in total. The molecule has 0 saturated carbocycles. The van der Waals surface area contributed by atoms with E-state index in [9.17, 15) is 4.79 Å².